The second-order valence-corrected chi connectivity index (χ2v) is 10.0. The van der Waals surface area contributed by atoms with Gasteiger partial charge >= 0.3 is 0 Å². The fourth-order valence-corrected chi connectivity index (χ4v) is 4.58. The summed E-state index contributed by atoms with van der Waals surface area (Å²) in [5.41, 5.74) is 16.9. The van der Waals surface area contributed by atoms with Crippen molar-refractivity contribution < 1.29 is 23.0 Å². The van der Waals surface area contributed by atoms with Crippen molar-refractivity contribution in [1.82, 2.24) is 9.97 Å². The molecule has 10 nitrogen and oxygen atoms in total. The molecule has 5 N–H and O–H groups in total. The number of benzene rings is 3. The predicted octanol–water partition coefficient (Wildman–Crippen LogP) is 4.34. The van der Waals surface area contributed by atoms with Crippen molar-refractivity contribution in [3.8, 4) is 28.4 Å². The fourth-order valence-electron chi connectivity index (χ4n) is 4.19. The van der Waals surface area contributed by atoms with Crippen LogP contribution < -0.4 is 31.0 Å². The number of hydrogen-bond donors (Lipinski definition) is 3. The van der Waals surface area contributed by atoms with E-state index in [-0.39, 0.29) is 10.8 Å². The van der Waals surface area contributed by atoms with Gasteiger partial charge in [-0.25, -0.2) is 4.98 Å². The molecule has 0 saturated heterocycles. The third-order valence-electron chi connectivity index (χ3n) is 6.26. The van der Waals surface area contributed by atoms with E-state index in [9.17, 15) is 8.76 Å². The Hall–Kier alpha value is -4.35. The Morgan fingerprint density at radius 2 is 1.70 bits per heavy atom. The van der Waals surface area contributed by atoms with E-state index in [0.29, 0.717) is 49.1 Å². The van der Waals surface area contributed by atoms with Gasteiger partial charge in [-0.2, -0.15) is 4.98 Å². The zero-order valence-corrected chi connectivity index (χ0v) is 23.4. The Kier molecular flexibility index (Phi) is 9.41. The molecule has 4 aromatic rings. The highest BCUT2D eigenvalue weighted by molar-refractivity contribution is 7.79. The molecular weight excluding hydrogens is 530 g/mol. The van der Waals surface area contributed by atoms with E-state index in [1.165, 1.54) is 0 Å². The number of ether oxygens (including phenoxy) is 3. The van der Waals surface area contributed by atoms with E-state index < -0.39 is 11.1 Å². The molecule has 0 amide bonds. The number of nitrogens with zero attached hydrogens (tertiary/aromatic N) is 2. The number of nitrogen functional groups attached to an aromatic ring is 2. The van der Waals surface area contributed by atoms with E-state index >= 15 is 0 Å². The van der Waals surface area contributed by atoms with Crippen molar-refractivity contribution in [1.29, 1.82) is 0 Å². The van der Waals surface area contributed by atoms with Crippen molar-refractivity contribution in [3.05, 3.63) is 77.5 Å². The zero-order chi connectivity index (χ0) is 28.6. The van der Waals surface area contributed by atoms with Gasteiger partial charge in [0.2, 0.25) is 11.7 Å². The molecule has 1 unspecified atom stereocenters. The molecule has 0 saturated carbocycles. The first-order valence-corrected chi connectivity index (χ1v) is 13.6. The molecule has 0 aliphatic rings. The Bertz CT molecular complexity index is 1470. The molecule has 40 heavy (non-hydrogen) atoms. The topological polar surface area (TPSA) is 158 Å². The number of anilines is 3. The number of nitrogens with two attached hydrogens (primary N) is 2. The van der Waals surface area contributed by atoms with Crippen LogP contribution in [0.25, 0.3) is 11.1 Å². The quantitative estimate of drug-likeness (QED) is 0.167. The van der Waals surface area contributed by atoms with Gasteiger partial charge in [-0.3, -0.25) is 4.21 Å². The summed E-state index contributed by atoms with van der Waals surface area (Å²) < 4.78 is 40.4. The minimum atomic E-state index is -2.32. The number of rotatable bonds is 12. The first-order chi connectivity index (χ1) is 19.3. The van der Waals surface area contributed by atoms with Gasteiger partial charge in [-0.05, 0) is 65.9 Å². The summed E-state index contributed by atoms with van der Waals surface area (Å²) in [5.74, 6) is 2.00. The smallest absolute Gasteiger partial charge is 0.221 e. The van der Waals surface area contributed by atoms with Crippen molar-refractivity contribution in [3.63, 3.8) is 0 Å². The van der Waals surface area contributed by atoms with Crippen LogP contribution in [0.4, 0.5) is 17.5 Å². The van der Waals surface area contributed by atoms with Crippen LogP contribution in [0.2, 0.25) is 0 Å². The van der Waals surface area contributed by atoms with Crippen LogP contribution >= 0.6 is 0 Å². The van der Waals surface area contributed by atoms with Crippen molar-refractivity contribution in [2.45, 2.75) is 24.7 Å². The number of aromatic nitrogens is 2. The van der Waals surface area contributed by atoms with Crippen molar-refractivity contribution in [2.24, 2.45) is 0 Å². The molecule has 0 aliphatic heterocycles. The minimum Gasteiger partial charge on any atom is -0.768 e. The lowest BCUT2D eigenvalue weighted by molar-refractivity contribution is 0.273. The van der Waals surface area contributed by atoms with Crippen LogP contribution in [0.1, 0.15) is 23.1 Å². The summed E-state index contributed by atoms with van der Waals surface area (Å²) in [6.45, 7) is 2.99. The maximum atomic E-state index is 11.6. The summed E-state index contributed by atoms with van der Waals surface area (Å²) in [5, 5.41) is 3.41. The molecule has 1 heterocycles. The standard InChI is InChI=1S/C29H33N5O5S/c1-18-5-7-20(8-6-18)23-16-22(40(35)36)9-10-24(23)32-11-4-12-39-27-25(37-2)14-19(15-26(27)38-3)13-21-17-33-29(31)34-28(21)30/h5-10,14-17,32H,4,11-13H2,1-3H3,(H,35,36)(H4,30,31,33,34)/p-1. The summed E-state index contributed by atoms with van der Waals surface area (Å²) in [6, 6.07) is 16.7. The van der Waals surface area contributed by atoms with Gasteiger partial charge in [0.15, 0.2) is 11.5 Å². The highest BCUT2D eigenvalue weighted by Gasteiger charge is 2.16. The molecule has 210 valence electrons. The summed E-state index contributed by atoms with van der Waals surface area (Å²) in [4.78, 5) is 8.27. The van der Waals surface area contributed by atoms with Gasteiger partial charge in [0.05, 0.1) is 20.8 Å². The summed E-state index contributed by atoms with van der Waals surface area (Å²) >= 11 is -2.32. The van der Waals surface area contributed by atoms with Crippen LogP contribution in [-0.4, -0.2) is 46.1 Å². The molecule has 1 aromatic heterocycles. The highest BCUT2D eigenvalue weighted by atomic mass is 32.2. The Balaban J connectivity index is 1.42. The Labute approximate surface area is 236 Å². The molecular formula is C29H32N5O5S-. The zero-order valence-electron chi connectivity index (χ0n) is 22.6. The number of nitrogens with one attached hydrogen (secondary N) is 1. The molecule has 3 aromatic carbocycles. The SMILES string of the molecule is COc1cc(Cc2cnc(N)nc2N)cc(OC)c1OCCCNc1ccc(S(=O)[O-])cc1-c1ccc(C)cc1. The summed E-state index contributed by atoms with van der Waals surface area (Å²) in [6.07, 6.45) is 2.73. The van der Waals surface area contributed by atoms with E-state index in [0.717, 1.165) is 33.5 Å². The summed E-state index contributed by atoms with van der Waals surface area (Å²) in [7, 11) is 3.14. The fraction of sp³-hybridized carbons (Fsp3) is 0.241. The second kappa shape index (κ2) is 13.1. The Morgan fingerprint density at radius 1 is 1.00 bits per heavy atom. The van der Waals surface area contributed by atoms with E-state index in [1.54, 1.807) is 38.6 Å². The van der Waals surface area contributed by atoms with Crippen LogP contribution in [0.3, 0.4) is 0 Å². The molecule has 11 heteroatoms. The first kappa shape index (κ1) is 28.7. The average Bonchev–Trinajstić information content (AvgIpc) is 2.95. The third-order valence-corrected chi connectivity index (χ3v) is 6.90. The van der Waals surface area contributed by atoms with Crippen molar-refractivity contribution in [2.75, 3.05) is 44.2 Å². The van der Waals surface area contributed by atoms with E-state index in [4.69, 9.17) is 25.7 Å². The molecule has 0 fully saturated rings. The molecule has 0 spiro atoms. The van der Waals surface area contributed by atoms with Gasteiger partial charge in [-0.15, -0.1) is 0 Å². The lowest BCUT2D eigenvalue weighted by Gasteiger charge is -2.17. The van der Waals surface area contributed by atoms with Gasteiger partial charge < -0.3 is 35.5 Å². The molecule has 1 atom stereocenters. The van der Waals surface area contributed by atoms with Gasteiger partial charge in [0.25, 0.3) is 0 Å². The van der Waals surface area contributed by atoms with Crippen LogP contribution in [0.5, 0.6) is 17.2 Å². The van der Waals surface area contributed by atoms with Crippen LogP contribution in [-0.2, 0) is 17.5 Å². The lowest BCUT2D eigenvalue weighted by atomic mass is 10.0. The van der Waals surface area contributed by atoms with Crippen LogP contribution in [0, 0.1) is 6.92 Å². The minimum absolute atomic E-state index is 0.122. The number of aryl methyl sites for hydroxylation is 1. The largest absolute Gasteiger partial charge is 0.768 e. The molecule has 0 aliphatic carbocycles. The van der Waals surface area contributed by atoms with Crippen LogP contribution in [0.15, 0.2) is 65.7 Å². The number of methoxy groups -OCH3 is 2. The normalized spacial score (nSPS) is 11.6. The highest BCUT2D eigenvalue weighted by Crippen LogP contribution is 2.39. The molecule has 0 radical (unpaired) electrons. The van der Waals surface area contributed by atoms with Crippen molar-refractivity contribution >= 4 is 28.5 Å². The second-order valence-electron chi connectivity index (χ2n) is 9.08. The van der Waals surface area contributed by atoms with Gasteiger partial charge in [-0.1, -0.05) is 29.8 Å². The number of hydrogen-bond acceptors (Lipinski definition) is 10. The van der Waals surface area contributed by atoms with E-state index in [2.05, 4.69) is 15.3 Å². The van der Waals surface area contributed by atoms with Gasteiger partial charge in [0.1, 0.15) is 5.82 Å². The lowest BCUT2D eigenvalue weighted by Crippen LogP contribution is -2.09. The predicted molar refractivity (Wildman–Crippen MR) is 156 cm³/mol. The monoisotopic (exact) mass is 562 g/mol. The maximum Gasteiger partial charge on any atom is 0.221 e. The first-order valence-electron chi connectivity index (χ1n) is 12.6. The van der Waals surface area contributed by atoms with E-state index in [1.807, 2.05) is 43.3 Å². The molecule has 0 bridgehead atoms. The maximum absolute atomic E-state index is 11.6. The van der Waals surface area contributed by atoms with Gasteiger partial charge in [0, 0.05) is 40.9 Å². The average molecular weight is 563 g/mol. The molecule has 4 rings (SSSR count). The third kappa shape index (κ3) is 6.99. The Morgan fingerprint density at radius 3 is 2.33 bits per heavy atom.